The first-order valence-electron chi connectivity index (χ1n) is 10.1. The number of amides is 1. The van der Waals surface area contributed by atoms with Gasteiger partial charge in [0.2, 0.25) is 0 Å². The maximum atomic E-state index is 12.6. The van der Waals surface area contributed by atoms with Crippen molar-refractivity contribution in [2.24, 2.45) is 0 Å². The van der Waals surface area contributed by atoms with Crippen LogP contribution in [0.3, 0.4) is 0 Å². The van der Waals surface area contributed by atoms with E-state index in [0.717, 1.165) is 36.8 Å². The van der Waals surface area contributed by atoms with E-state index in [1.165, 1.54) is 5.56 Å². The number of hydrogen-bond acceptors (Lipinski definition) is 5. The highest BCUT2D eigenvalue weighted by atomic mass is 16.5. The molecule has 1 aliphatic rings. The van der Waals surface area contributed by atoms with Crippen LogP contribution in [0.4, 0.5) is 5.82 Å². The van der Waals surface area contributed by atoms with E-state index in [9.17, 15) is 4.79 Å². The number of anilines is 1. The third-order valence-electron chi connectivity index (χ3n) is 5.28. The number of carbonyl (C=O) groups excluding carboxylic acids is 1. The van der Waals surface area contributed by atoms with Crippen LogP contribution in [0.1, 0.15) is 27.7 Å². The number of carbonyl (C=O) groups is 1. The quantitative estimate of drug-likeness (QED) is 0.663. The van der Waals surface area contributed by atoms with E-state index in [4.69, 9.17) is 4.74 Å². The lowest BCUT2D eigenvalue weighted by Gasteiger charge is -2.34. The van der Waals surface area contributed by atoms with E-state index in [2.05, 4.69) is 44.8 Å². The molecule has 0 bridgehead atoms. The Bertz CT molecular complexity index is 976. The van der Waals surface area contributed by atoms with E-state index < -0.39 is 0 Å². The van der Waals surface area contributed by atoms with Gasteiger partial charge in [-0.15, -0.1) is 0 Å². The van der Waals surface area contributed by atoms with Gasteiger partial charge in [0.1, 0.15) is 17.3 Å². The van der Waals surface area contributed by atoms with E-state index in [1.54, 1.807) is 13.2 Å². The first-order valence-corrected chi connectivity index (χ1v) is 10.1. The summed E-state index contributed by atoms with van der Waals surface area (Å²) in [5.74, 6) is 1.45. The molecule has 2 N–H and O–H groups in total. The highest BCUT2D eigenvalue weighted by molar-refractivity contribution is 5.92. The smallest absolute Gasteiger partial charge is 0.270 e. The zero-order chi connectivity index (χ0) is 20.8. The first kappa shape index (κ1) is 19.9. The van der Waals surface area contributed by atoms with Crippen LogP contribution in [0.5, 0.6) is 5.75 Å². The lowest BCUT2D eigenvalue weighted by molar-refractivity contribution is 0.0946. The van der Waals surface area contributed by atoms with Crippen molar-refractivity contribution in [2.45, 2.75) is 12.6 Å². The lowest BCUT2D eigenvalue weighted by Crippen LogP contribution is -2.46. The first-order chi connectivity index (χ1) is 14.7. The molecule has 2 heterocycles. The minimum absolute atomic E-state index is 0.178. The van der Waals surface area contributed by atoms with Crippen molar-refractivity contribution in [3.8, 4) is 5.75 Å². The SMILES string of the molecule is COc1ccc(CNC(=O)c2cccc(N3CCNC(c4ccccc4)C3)n2)cc1. The summed E-state index contributed by atoms with van der Waals surface area (Å²) in [5, 5.41) is 6.51. The number of benzene rings is 2. The molecule has 1 saturated heterocycles. The van der Waals surface area contributed by atoms with Gasteiger partial charge in [0.05, 0.1) is 7.11 Å². The largest absolute Gasteiger partial charge is 0.497 e. The van der Waals surface area contributed by atoms with Crippen LogP contribution in [0.2, 0.25) is 0 Å². The average Bonchev–Trinajstić information content (AvgIpc) is 2.83. The minimum atomic E-state index is -0.178. The van der Waals surface area contributed by atoms with Gasteiger partial charge in [-0.05, 0) is 35.4 Å². The molecule has 1 aliphatic heterocycles. The van der Waals surface area contributed by atoms with E-state index in [0.29, 0.717) is 12.2 Å². The fourth-order valence-electron chi connectivity index (χ4n) is 3.61. The predicted octanol–water partition coefficient (Wildman–Crippen LogP) is 3.17. The van der Waals surface area contributed by atoms with Gasteiger partial charge >= 0.3 is 0 Å². The number of ether oxygens (including phenoxy) is 1. The van der Waals surface area contributed by atoms with Crippen LogP contribution in [0.15, 0.2) is 72.8 Å². The van der Waals surface area contributed by atoms with E-state index in [1.807, 2.05) is 42.5 Å². The molecule has 0 spiro atoms. The Labute approximate surface area is 176 Å². The number of pyridine rings is 1. The Kier molecular flexibility index (Phi) is 6.25. The van der Waals surface area contributed by atoms with Crippen molar-refractivity contribution < 1.29 is 9.53 Å². The number of methoxy groups -OCH3 is 1. The summed E-state index contributed by atoms with van der Waals surface area (Å²) in [7, 11) is 1.63. The summed E-state index contributed by atoms with van der Waals surface area (Å²) in [6, 6.07) is 23.9. The van der Waals surface area contributed by atoms with Gasteiger partial charge in [0, 0.05) is 32.2 Å². The molecule has 0 aliphatic carbocycles. The second-order valence-corrected chi connectivity index (χ2v) is 7.28. The topological polar surface area (TPSA) is 66.5 Å². The van der Waals surface area contributed by atoms with Crippen molar-refractivity contribution in [3.63, 3.8) is 0 Å². The molecule has 6 nitrogen and oxygen atoms in total. The molecule has 2 aromatic carbocycles. The molecule has 154 valence electrons. The Morgan fingerprint density at radius 2 is 1.90 bits per heavy atom. The standard InChI is InChI=1S/C24H26N4O2/c1-30-20-12-10-18(11-13-20)16-26-24(29)21-8-5-9-23(27-21)28-15-14-25-22(17-28)19-6-3-2-4-7-19/h2-13,22,25H,14-17H2,1H3,(H,26,29). The summed E-state index contributed by atoms with van der Waals surface area (Å²) in [5.41, 5.74) is 2.69. The maximum absolute atomic E-state index is 12.6. The summed E-state index contributed by atoms with van der Waals surface area (Å²) < 4.78 is 5.16. The zero-order valence-corrected chi connectivity index (χ0v) is 17.0. The third-order valence-corrected chi connectivity index (χ3v) is 5.28. The Morgan fingerprint density at radius 1 is 1.10 bits per heavy atom. The third kappa shape index (κ3) is 4.78. The molecule has 1 atom stereocenters. The van der Waals surface area contributed by atoms with Crippen molar-refractivity contribution in [3.05, 3.63) is 89.6 Å². The highest BCUT2D eigenvalue weighted by Crippen LogP contribution is 2.21. The van der Waals surface area contributed by atoms with Gasteiger partial charge in [-0.25, -0.2) is 4.98 Å². The number of hydrogen-bond donors (Lipinski definition) is 2. The van der Waals surface area contributed by atoms with Crippen LogP contribution in [0, 0.1) is 0 Å². The Balaban J connectivity index is 1.40. The van der Waals surface area contributed by atoms with Crippen molar-refractivity contribution >= 4 is 11.7 Å². The Morgan fingerprint density at radius 3 is 2.67 bits per heavy atom. The molecule has 30 heavy (non-hydrogen) atoms. The molecule has 6 heteroatoms. The summed E-state index contributed by atoms with van der Waals surface area (Å²) in [6.07, 6.45) is 0. The molecule has 1 fully saturated rings. The number of nitrogens with one attached hydrogen (secondary N) is 2. The van der Waals surface area contributed by atoms with E-state index >= 15 is 0 Å². The van der Waals surface area contributed by atoms with Crippen molar-refractivity contribution in [2.75, 3.05) is 31.6 Å². The highest BCUT2D eigenvalue weighted by Gasteiger charge is 2.22. The molecule has 0 saturated carbocycles. The van der Waals surface area contributed by atoms with Gasteiger partial charge < -0.3 is 20.3 Å². The van der Waals surface area contributed by atoms with Gasteiger partial charge in [0.25, 0.3) is 5.91 Å². The molecule has 3 aromatic rings. The number of rotatable bonds is 6. The monoisotopic (exact) mass is 402 g/mol. The fourth-order valence-corrected chi connectivity index (χ4v) is 3.61. The van der Waals surface area contributed by atoms with Gasteiger partial charge in [-0.2, -0.15) is 0 Å². The summed E-state index contributed by atoms with van der Waals surface area (Å²) in [4.78, 5) is 19.5. The lowest BCUT2D eigenvalue weighted by atomic mass is 10.0. The van der Waals surface area contributed by atoms with Crippen molar-refractivity contribution in [1.29, 1.82) is 0 Å². The zero-order valence-electron chi connectivity index (χ0n) is 17.0. The molecule has 4 rings (SSSR count). The maximum Gasteiger partial charge on any atom is 0.270 e. The minimum Gasteiger partial charge on any atom is -0.497 e. The molecule has 1 unspecified atom stereocenters. The van der Waals surface area contributed by atoms with Gasteiger partial charge in [-0.3, -0.25) is 4.79 Å². The number of piperazine rings is 1. The summed E-state index contributed by atoms with van der Waals surface area (Å²) >= 11 is 0. The second kappa shape index (κ2) is 9.41. The van der Waals surface area contributed by atoms with Crippen molar-refractivity contribution in [1.82, 2.24) is 15.6 Å². The average molecular weight is 402 g/mol. The number of nitrogens with zero attached hydrogens (tertiary/aromatic N) is 2. The fraction of sp³-hybridized carbons (Fsp3) is 0.250. The van der Waals surface area contributed by atoms with Gasteiger partial charge in [-0.1, -0.05) is 48.5 Å². The van der Waals surface area contributed by atoms with Crippen LogP contribution in [-0.2, 0) is 6.54 Å². The predicted molar refractivity (Wildman–Crippen MR) is 118 cm³/mol. The van der Waals surface area contributed by atoms with Crippen LogP contribution < -0.4 is 20.3 Å². The molecular formula is C24H26N4O2. The molecule has 1 amide bonds. The summed E-state index contributed by atoms with van der Waals surface area (Å²) in [6.45, 7) is 2.98. The van der Waals surface area contributed by atoms with Crippen LogP contribution in [-0.4, -0.2) is 37.6 Å². The van der Waals surface area contributed by atoms with Crippen LogP contribution >= 0.6 is 0 Å². The van der Waals surface area contributed by atoms with Gasteiger partial charge in [0.15, 0.2) is 0 Å². The normalized spacial score (nSPS) is 16.2. The van der Waals surface area contributed by atoms with Crippen LogP contribution in [0.25, 0.3) is 0 Å². The molecule has 1 aromatic heterocycles. The second-order valence-electron chi connectivity index (χ2n) is 7.28. The number of aromatic nitrogens is 1. The Hall–Kier alpha value is -3.38. The molecular weight excluding hydrogens is 376 g/mol. The van der Waals surface area contributed by atoms with E-state index in [-0.39, 0.29) is 11.9 Å². The molecule has 0 radical (unpaired) electrons.